The summed E-state index contributed by atoms with van der Waals surface area (Å²) >= 11 is 0. The average Bonchev–Trinajstić information content (AvgIpc) is 3.33. The van der Waals surface area contributed by atoms with E-state index in [0.29, 0.717) is 15.8 Å². The van der Waals surface area contributed by atoms with E-state index in [4.69, 9.17) is 0 Å². The molecular weight excluding hydrogens is 839 g/mol. The third-order valence-electron chi connectivity index (χ3n) is 13.2. The first-order chi connectivity index (χ1) is 30.4. The minimum atomic E-state index is -0.171. The molecule has 362 valence electrons. The van der Waals surface area contributed by atoms with Crippen LogP contribution in [-0.2, 0) is 0 Å². The predicted octanol–water partition coefficient (Wildman–Crippen LogP) is 19.7. The molecule has 0 radical (unpaired) electrons. The first-order valence-corrected chi connectivity index (χ1v) is 34.8. The van der Waals surface area contributed by atoms with Gasteiger partial charge in [0.15, 0.2) is 0 Å². The summed E-state index contributed by atoms with van der Waals surface area (Å²) < 4.78 is 0. The topological polar surface area (TPSA) is 0 Å². The molecule has 2 unspecified atom stereocenters. The van der Waals surface area contributed by atoms with E-state index in [1.165, 1.54) is 228 Å². The monoisotopic (exact) mass is 949 g/mol. The predicted molar refractivity (Wildman–Crippen MR) is 307 cm³/mol. The molecule has 2 saturated carbocycles. The molecule has 2 fully saturated rings. The standard InChI is InChI=1S/C17H37P.C13H13P.C13H25P.C13H29P.CH5P/c1-4-6-8-10-12-14-16-18(3)17-15-13-11-9-7-5-2;1-14(12-8-4-2-5-9-12)13-10-6-3-7-11-13;14-13(11-7-3-1-4-8-11)12-9-5-2-6-10-12;1-4-6-8-10-12-14(3)13-11-9-7-5-2;1-2/h4-17H2,1-3H3;2-11H,1H3;11-13H,1-10,14H2;4-13H2,1-3H3;2H2,1H3. The molecule has 2 aliphatic carbocycles. The van der Waals surface area contributed by atoms with Crippen LogP contribution in [0.15, 0.2) is 60.7 Å². The average molecular weight is 949 g/mol. The third-order valence-corrected chi connectivity index (χ3v) is 20.8. The maximum Gasteiger partial charge on any atom is -0.0198 e. The van der Waals surface area contributed by atoms with Crippen LogP contribution in [0.5, 0.6) is 0 Å². The molecule has 0 N–H and O–H groups in total. The molecular formula is C57H109P5. The Balaban J connectivity index is 0.000000792. The maximum atomic E-state index is 3.19. The van der Waals surface area contributed by atoms with Gasteiger partial charge in [0.2, 0.25) is 0 Å². The first-order valence-electron chi connectivity index (χ1n) is 26.9. The van der Waals surface area contributed by atoms with Gasteiger partial charge in [0.25, 0.3) is 0 Å². The van der Waals surface area contributed by atoms with Gasteiger partial charge in [0, 0.05) is 0 Å². The van der Waals surface area contributed by atoms with Crippen LogP contribution in [0.25, 0.3) is 0 Å². The second kappa shape index (κ2) is 48.1. The van der Waals surface area contributed by atoms with Gasteiger partial charge >= 0.3 is 0 Å². The van der Waals surface area contributed by atoms with Crippen LogP contribution < -0.4 is 10.6 Å². The van der Waals surface area contributed by atoms with Crippen molar-refractivity contribution < 1.29 is 0 Å². The summed E-state index contributed by atoms with van der Waals surface area (Å²) in [6.07, 6.45) is 50.3. The minimum Gasteiger partial charge on any atom is -0.141 e. The van der Waals surface area contributed by atoms with Crippen LogP contribution in [0.2, 0.25) is 0 Å². The fourth-order valence-corrected chi connectivity index (χ4v) is 14.8. The zero-order chi connectivity index (χ0) is 45.7. The molecule has 2 aromatic rings. The Morgan fingerprint density at radius 1 is 0.403 bits per heavy atom. The lowest BCUT2D eigenvalue weighted by Crippen LogP contribution is -2.27. The minimum absolute atomic E-state index is 0.171. The molecule has 0 heterocycles. The molecule has 2 aromatic carbocycles. The number of hydrogen-bond donors (Lipinski definition) is 0. The maximum absolute atomic E-state index is 3.19. The van der Waals surface area contributed by atoms with Gasteiger partial charge in [-0.3, -0.25) is 0 Å². The molecule has 62 heavy (non-hydrogen) atoms. The molecule has 2 atom stereocenters. The van der Waals surface area contributed by atoms with Gasteiger partial charge in [-0.2, -0.15) is 0 Å². The lowest BCUT2D eigenvalue weighted by molar-refractivity contribution is 0.255. The van der Waals surface area contributed by atoms with Crippen molar-refractivity contribution in [2.45, 2.75) is 226 Å². The van der Waals surface area contributed by atoms with E-state index in [-0.39, 0.29) is 7.92 Å². The van der Waals surface area contributed by atoms with Crippen molar-refractivity contribution in [3.8, 4) is 0 Å². The molecule has 0 saturated heterocycles. The summed E-state index contributed by atoms with van der Waals surface area (Å²) in [5.41, 5.74) is 0.954. The Hall–Kier alpha value is 0.590. The summed E-state index contributed by atoms with van der Waals surface area (Å²) in [7, 11) is 6.20. The summed E-state index contributed by atoms with van der Waals surface area (Å²) in [5, 5.41) is 2.88. The first kappa shape index (κ1) is 62.6. The zero-order valence-electron chi connectivity index (χ0n) is 43.0. The highest BCUT2D eigenvalue weighted by atomic mass is 31.1. The molecule has 0 aliphatic heterocycles. The summed E-state index contributed by atoms with van der Waals surface area (Å²) in [6.45, 7) is 18.4. The number of unbranched alkanes of at least 4 members (excludes halogenated alkanes) is 16. The van der Waals surface area contributed by atoms with Crippen LogP contribution in [-0.4, -0.2) is 57.0 Å². The fourth-order valence-electron chi connectivity index (χ4n) is 9.04. The van der Waals surface area contributed by atoms with Crippen molar-refractivity contribution in [3.63, 3.8) is 0 Å². The SMILES string of the molecule is CCCCCCCCP(C)CCCCCCCC.CCCCCCP(C)CCCCCC.CP.CP(c1ccccc1)c1ccccc1.PC(C1CCCCC1)C1CCCCC1. The van der Waals surface area contributed by atoms with Crippen LogP contribution in [0.4, 0.5) is 0 Å². The highest BCUT2D eigenvalue weighted by Crippen LogP contribution is 2.40. The molecule has 0 amide bonds. The summed E-state index contributed by atoms with van der Waals surface area (Å²) in [6, 6.07) is 21.4. The number of benzene rings is 2. The van der Waals surface area contributed by atoms with Crippen LogP contribution in [0.3, 0.4) is 0 Å². The van der Waals surface area contributed by atoms with E-state index in [9.17, 15) is 0 Å². The highest BCUT2D eigenvalue weighted by molar-refractivity contribution is 7.72. The van der Waals surface area contributed by atoms with E-state index in [0.717, 1.165) is 17.5 Å². The van der Waals surface area contributed by atoms with Crippen LogP contribution in [0.1, 0.15) is 220 Å². The van der Waals surface area contributed by atoms with Gasteiger partial charge in [-0.1, -0.05) is 236 Å². The van der Waals surface area contributed by atoms with Crippen LogP contribution in [0, 0.1) is 11.8 Å². The van der Waals surface area contributed by atoms with Gasteiger partial charge in [-0.25, -0.2) is 0 Å². The van der Waals surface area contributed by atoms with Gasteiger partial charge in [0.05, 0.1) is 0 Å². The lowest BCUT2D eigenvalue weighted by atomic mass is 9.77. The Morgan fingerprint density at radius 3 is 0.952 bits per heavy atom. The zero-order valence-corrected chi connectivity index (χ0v) is 48.0. The Bertz CT molecular complexity index is 1030. The van der Waals surface area contributed by atoms with Gasteiger partial charge in [-0.15, -0.1) is 34.3 Å². The van der Waals surface area contributed by atoms with Crippen molar-refractivity contribution in [1.29, 1.82) is 0 Å². The lowest BCUT2D eigenvalue weighted by Gasteiger charge is -2.35. The number of rotatable bonds is 28. The van der Waals surface area contributed by atoms with E-state index >= 15 is 0 Å². The van der Waals surface area contributed by atoms with E-state index in [1.807, 2.05) is 6.66 Å². The summed E-state index contributed by atoms with van der Waals surface area (Å²) in [5.74, 6) is 2.11. The molecule has 0 nitrogen and oxygen atoms in total. The Labute approximate surface area is 400 Å². The van der Waals surface area contributed by atoms with Crippen molar-refractivity contribution in [3.05, 3.63) is 60.7 Å². The largest absolute Gasteiger partial charge is 0.141 e. The Kier molecular flexibility index (Phi) is 48.5. The van der Waals surface area contributed by atoms with E-state index < -0.39 is 0 Å². The molecule has 5 heteroatoms. The highest BCUT2D eigenvalue weighted by Gasteiger charge is 2.28. The second-order valence-corrected chi connectivity index (χ2v) is 27.0. The van der Waals surface area contributed by atoms with Gasteiger partial charge in [0.1, 0.15) is 0 Å². The smallest absolute Gasteiger partial charge is 0.0198 e. The Morgan fingerprint density at radius 2 is 0.661 bits per heavy atom. The van der Waals surface area contributed by atoms with Gasteiger partial charge in [-0.05, 0) is 132 Å². The van der Waals surface area contributed by atoms with Crippen molar-refractivity contribution >= 4 is 52.9 Å². The number of hydrogen-bond acceptors (Lipinski definition) is 0. The molecule has 0 aromatic heterocycles. The van der Waals surface area contributed by atoms with E-state index in [2.05, 4.69) is 127 Å². The normalized spacial score (nSPS) is 14.4. The van der Waals surface area contributed by atoms with Gasteiger partial charge < -0.3 is 0 Å². The quantitative estimate of drug-likeness (QED) is 0.0589. The second-order valence-electron chi connectivity index (χ2n) is 18.9. The van der Waals surface area contributed by atoms with Crippen molar-refractivity contribution in [2.75, 3.05) is 51.3 Å². The fraction of sp³-hybridized carbons (Fsp3) is 0.789. The third kappa shape index (κ3) is 36.7. The van der Waals surface area contributed by atoms with Crippen molar-refractivity contribution in [1.82, 2.24) is 0 Å². The molecule has 0 spiro atoms. The van der Waals surface area contributed by atoms with Crippen molar-refractivity contribution in [2.24, 2.45) is 11.8 Å². The molecule has 2 aliphatic rings. The molecule has 0 bridgehead atoms. The van der Waals surface area contributed by atoms with E-state index in [1.54, 1.807) is 0 Å². The molecule has 4 rings (SSSR count). The summed E-state index contributed by atoms with van der Waals surface area (Å²) in [4.78, 5) is 0. The van der Waals surface area contributed by atoms with Crippen LogP contribution >= 0.6 is 42.2 Å².